The average molecular weight is 285 g/mol. The molecule has 1 saturated heterocycles. The molecule has 0 radical (unpaired) electrons. The van der Waals surface area contributed by atoms with E-state index in [1.165, 1.54) is 0 Å². The number of β-amino-alcohol motifs (C(OH)–C–C–N with tert-alkyl or cyclic N) is 1. The molecule has 4 atom stereocenters. The third-order valence-corrected chi connectivity index (χ3v) is 4.93. The van der Waals surface area contributed by atoms with Crippen LogP contribution in [0.15, 0.2) is 12.7 Å². The topological polar surface area (TPSA) is 84.2 Å². The van der Waals surface area contributed by atoms with Crippen LogP contribution in [0.2, 0.25) is 0 Å². The summed E-state index contributed by atoms with van der Waals surface area (Å²) in [5.74, 6) is 1.13. The molecular weight excluding hydrogens is 258 g/mol. The molecule has 0 amide bonds. The van der Waals surface area contributed by atoms with Crippen molar-refractivity contribution in [1.29, 1.82) is 0 Å². The molecule has 2 aliphatic rings. The number of likely N-dealkylation sites (tertiary alicyclic amines) is 1. The van der Waals surface area contributed by atoms with E-state index >= 15 is 0 Å². The fourth-order valence-electron chi connectivity index (χ4n) is 3.53. The maximum Gasteiger partial charge on any atom is 0.109 e. The lowest BCUT2D eigenvalue weighted by Crippen LogP contribution is -2.63. The molecule has 0 aromatic heterocycles. The van der Waals surface area contributed by atoms with Crippen molar-refractivity contribution in [1.82, 2.24) is 4.90 Å². The largest absolute Gasteiger partial charge is 0.395 e. The Kier molecular flexibility index (Phi) is 5.57. The van der Waals surface area contributed by atoms with Gasteiger partial charge in [-0.05, 0) is 37.5 Å². The van der Waals surface area contributed by atoms with Crippen LogP contribution in [-0.2, 0) is 0 Å². The minimum atomic E-state index is -1.17. The highest BCUT2D eigenvalue weighted by Gasteiger charge is 2.41. The van der Waals surface area contributed by atoms with Crippen LogP contribution in [0.3, 0.4) is 0 Å². The van der Waals surface area contributed by atoms with E-state index in [4.69, 9.17) is 0 Å². The molecule has 116 valence electrons. The molecular formula is C15H27NO4. The van der Waals surface area contributed by atoms with Crippen molar-refractivity contribution < 1.29 is 20.4 Å². The Balaban J connectivity index is 1.92. The number of rotatable bonds is 4. The normalized spacial score (nSPS) is 43.4. The van der Waals surface area contributed by atoms with Crippen LogP contribution in [-0.4, -0.2) is 69.4 Å². The Morgan fingerprint density at radius 3 is 2.25 bits per heavy atom. The van der Waals surface area contributed by atoms with Gasteiger partial charge >= 0.3 is 0 Å². The van der Waals surface area contributed by atoms with Crippen LogP contribution in [0.25, 0.3) is 0 Å². The maximum atomic E-state index is 9.96. The van der Waals surface area contributed by atoms with E-state index < -0.39 is 24.4 Å². The molecule has 1 aliphatic carbocycles. The van der Waals surface area contributed by atoms with Crippen molar-refractivity contribution in [2.45, 2.75) is 50.0 Å². The lowest BCUT2D eigenvalue weighted by molar-refractivity contribution is -0.148. The van der Waals surface area contributed by atoms with Crippen molar-refractivity contribution in [3.05, 3.63) is 12.7 Å². The van der Waals surface area contributed by atoms with E-state index in [1.54, 1.807) is 0 Å². The zero-order chi connectivity index (χ0) is 14.7. The highest BCUT2D eigenvalue weighted by molar-refractivity contribution is 4.95. The number of piperidine rings is 1. The molecule has 1 heterocycles. The Bertz CT molecular complexity index is 317. The first kappa shape index (κ1) is 15.9. The zero-order valence-electron chi connectivity index (χ0n) is 11.9. The second kappa shape index (κ2) is 7.00. The minimum Gasteiger partial charge on any atom is -0.395 e. The molecule has 0 bridgehead atoms. The summed E-state index contributed by atoms with van der Waals surface area (Å²) in [5.41, 5.74) is 0. The summed E-state index contributed by atoms with van der Waals surface area (Å²) in [6, 6.07) is -0.481. The van der Waals surface area contributed by atoms with Crippen LogP contribution in [0, 0.1) is 11.8 Å². The number of hydrogen-bond acceptors (Lipinski definition) is 5. The van der Waals surface area contributed by atoms with Crippen LogP contribution < -0.4 is 0 Å². The van der Waals surface area contributed by atoms with E-state index in [1.807, 2.05) is 11.0 Å². The number of aliphatic hydroxyl groups is 4. The highest BCUT2D eigenvalue weighted by atomic mass is 16.4. The summed E-state index contributed by atoms with van der Waals surface area (Å²) in [7, 11) is 0. The van der Waals surface area contributed by atoms with E-state index in [-0.39, 0.29) is 6.61 Å². The van der Waals surface area contributed by atoms with Gasteiger partial charge in [-0.1, -0.05) is 6.08 Å². The van der Waals surface area contributed by atoms with Gasteiger partial charge in [0.2, 0.25) is 0 Å². The van der Waals surface area contributed by atoms with Gasteiger partial charge in [-0.3, -0.25) is 4.90 Å². The summed E-state index contributed by atoms with van der Waals surface area (Å²) in [6.07, 6.45) is 3.32. The molecule has 0 spiro atoms. The molecule has 0 unspecified atom stereocenters. The SMILES string of the molecule is C=C[C@H]1CC[C@@H](CN2C[C@H](O)[C@@H](O)[C@H](O)[C@@H]2CO)CC1. The van der Waals surface area contributed by atoms with Crippen LogP contribution in [0.1, 0.15) is 25.7 Å². The Labute approximate surface area is 120 Å². The Morgan fingerprint density at radius 2 is 1.70 bits per heavy atom. The summed E-state index contributed by atoms with van der Waals surface area (Å²) in [6.45, 7) is 4.71. The van der Waals surface area contributed by atoms with Crippen molar-refractivity contribution in [2.24, 2.45) is 11.8 Å². The van der Waals surface area contributed by atoms with E-state index in [9.17, 15) is 20.4 Å². The van der Waals surface area contributed by atoms with Crippen molar-refractivity contribution in [3.63, 3.8) is 0 Å². The van der Waals surface area contributed by atoms with Gasteiger partial charge in [0.05, 0.1) is 18.8 Å². The zero-order valence-corrected chi connectivity index (χ0v) is 11.9. The molecule has 2 rings (SSSR count). The summed E-state index contributed by atoms with van der Waals surface area (Å²) < 4.78 is 0. The first-order chi connectivity index (χ1) is 9.56. The fourth-order valence-corrected chi connectivity index (χ4v) is 3.53. The Hall–Kier alpha value is -0.460. The van der Waals surface area contributed by atoms with Gasteiger partial charge in [-0.25, -0.2) is 0 Å². The van der Waals surface area contributed by atoms with Gasteiger partial charge in [0.25, 0.3) is 0 Å². The minimum absolute atomic E-state index is 0.201. The number of allylic oxidation sites excluding steroid dienone is 1. The molecule has 2 fully saturated rings. The Morgan fingerprint density at radius 1 is 1.05 bits per heavy atom. The summed E-state index contributed by atoms with van der Waals surface area (Å²) >= 11 is 0. The molecule has 5 nitrogen and oxygen atoms in total. The number of aliphatic hydroxyl groups excluding tert-OH is 4. The number of nitrogens with zero attached hydrogens (tertiary/aromatic N) is 1. The molecule has 4 N–H and O–H groups in total. The predicted molar refractivity (Wildman–Crippen MR) is 76.1 cm³/mol. The molecule has 1 saturated carbocycles. The first-order valence-corrected chi connectivity index (χ1v) is 7.58. The van der Waals surface area contributed by atoms with Gasteiger partial charge in [-0.15, -0.1) is 6.58 Å². The second-order valence-electron chi connectivity index (χ2n) is 6.27. The van der Waals surface area contributed by atoms with Gasteiger partial charge in [-0.2, -0.15) is 0 Å². The van der Waals surface area contributed by atoms with Crippen LogP contribution >= 0.6 is 0 Å². The first-order valence-electron chi connectivity index (χ1n) is 7.58. The van der Waals surface area contributed by atoms with Gasteiger partial charge in [0.1, 0.15) is 12.2 Å². The third kappa shape index (κ3) is 3.40. The van der Waals surface area contributed by atoms with Gasteiger partial charge in [0, 0.05) is 13.1 Å². The average Bonchev–Trinajstić information content (AvgIpc) is 2.46. The highest BCUT2D eigenvalue weighted by Crippen LogP contribution is 2.31. The lowest BCUT2D eigenvalue weighted by atomic mass is 9.81. The van der Waals surface area contributed by atoms with Gasteiger partial charge < -0.3 is 20.4 Å². The fraction of sp³-hybridized carbons (Fsp3) is 0.867. The van der Waals surface area contributed by atoms with E-state index in [0.29, 0.717) is 18.4 Å². The van der Waals surface area contributed by atoms with E-state index in [2.05, 4.69) is 6.58 Å². The smallest absolute Gasteiger partial charge is 0.109 e. The van der Waals surface area contributed by atoms with Crippen molar-refractivity contribution in [3.8, 4) is 0 Å². The molecule has 0 aromatic rings. The van der Waals surface area contributed by atoms with Crippen LogP contribution in [0.5, 0.6) is 0 Å². The number of hydrogen-bond donors (Lipinski definition) is 4. The van der Waals surface area contributed by atoms with Crippen molar-refractivity contribution >= 4 is 0 Å². The third-order valence-electron chi connectivity index (χ3n) is 4.93. The second-order valence-corrected chi connectivity index (χ2v) is 6.27. The van der Waals surface area contributed by atoms with Crippen LogP contribution in [0.4, 0.5) is 0 Å². The van der Waals surface area contributed by atoms with E-state index in [0.717, 1.165) is 32.2 Å². The maximum absolute atomic E-state index is 9.96. The monoisotopic (exact) mass is 285 g/mol. The molecule has 0 aromatic carbocycles. The standard InChI is InChI=1S/C15H27NO4/c1-2-10-3-5-11(6-4-10)7-16-8-13(18)15(20)14(19)12(16)9-17/h2,10-15,17-20H,1,3-9H2/t10-,11+,12-,13-,14+,15+/m0/s1. The molecule has 20 heavy (non-hydrogen) atoms. The van der Waals surface area contributed by atoms with Gasteiger partial charge in [0.15, 0.2) is 0 Å². The van der Waals surface area contributed by atoms with Crippen molar-refractivity contribution in [2.75, 3.05) is 19.7 Å². The molecule has 5 heteroatoms. The summed E-state index contributed by atoms with van der Waals surface area (Å²) in [5, 5.41) is 38.9. The molecule has 1 aliphatic heterocycles. The predicted octanol–water partition coefficient (Wildman–Crippen LogP) is -0.262. The quantitative estimate of drug-likeness (QED) is 0.535. The summed E-state index contributed by atoms with van der Waals surface area (Å²) in [4.78, 5) is 1.93. The lowest BCUT2D eigenvalue weighted by Gasteiger charge is -2.45.